The summed E-state index contributed by atoms with van der Waals surface area (Å²) in [5.41, 5.74) is 2.40. The molecule has 0 radical (unpaired) electrons. The predicted molar refractivity (Wildman–Crippen MR) is 87.8 cm³/mol. The Hall–Kier alpha value is -2.34. The molecule has 114 valence electrons. The van der Waals surface area contributed by atoms with E-state index in [1.807, 2.05) is 36.4 Å². The number of fused-ring (bicyclic) bond motifs is 1. The van der Waals surface area contributed by atoms with Crippen LogP contribution >= 0.6 is 0 Å². The molecule has 0 saturated carbocycles. The molecule has 0 aliphatic carbocycles. The van der Waals surface area contributed by atoms with E-state index >= 15 is 0 Å². The van der Waals surface area contributed by atoms with E-state index in [4.69, 9.17) is 0 Å². The van der Waals surface area contributed by atoms with Gasteiger partial charge in [-0.2, -0.15) is 4.36 Å². The Bertz CT molecular complexity index is 840. The molecule has 22 heavy (non-hydrogen) atoms. The van der Waals surface area contributed by atoms with Crippen LogP contribution in [0.15, 0.2) is 57.8 Å². The third kappa shape index (κ3) is 2.82. The van der Waals surface area contributed by atoms with Crippen LogP contribution < -0.4 is 5.32 Å². The van der Waals surface area contributed by atoms with Gasteiger partial charge >= 0.3 is 6.03 Å². The van der Waals surface area contributed by atoms with Gasteiger partial charge in [0, 0.05) is 30.4 Å². The average molecular weight is 315 g/mol. The normalized spacial score (nSPS) is 16.5. The van der Waals surface area contributed by atoms with Crippen LogP contribution in [0.1, 0.15) is 5.56 Å². The van der Waals surface area contributed by atoms with Crippen molar-refractivity contribution in [2.24, 2.45) is 4.36 Å². The summed E-state index contributed by atoms with van der Waals surface area (Å²) in [7, 11) is -0.759. The van der Waals surface area contributed by atoms with Gasteiger partial charge in [0.15, 0.2) is 0 Å². The molecular formula is C16H17N3O2S. The number of nitrogens with one attached hydrogen (secondary N) is 1. The second-order valence-electron chi connectivity index (χ2n) is 5.33. The Morgan fingerprint density at radius 2 is 1.91 bits per heavy atom. The van der Waals surface area contributed by atoms with Crippen LogP contribution in [0.3, 0.4) is 0 Å². The first-order valence-electron chi connectivity index (χ1n) is 6.88. The van der Waals surface area contributed by atoms with E-state index in [0.717, 1.165) is 11.3 Å². The third-order valence-electron chi connectivity index (χ3n) is 3.54. The van der Waals surface area contributed by atoms with E-state index < -0.39 is 9.73 Å². The van der Waals surface area contributed by atoms with Gasteiger partial charge < -0.3 is 10.2 Å². The van der Waals surface area contributed by atoms with E-state index in [9.17, 15) is 9.00 Å². The van der Waals surface area contributed by atoms with E-state index in [0.29, 0.717) is 17.1 Å². The summed E-state index contributed by atoms with van der Waals surface area (Å²) >= 11 is 0. The highest BCUT2D eigenvalue weighted by Crippen LogP contribution is 2.28. The van der Waals surface area contributed by atoms with Crippen molar-refractivity contribution in [3.63, 3.8) is 0 Å². The van der Waals surface area contributed by atoms with E-state index in [2.05, 4.69) is 9.68 Å². The molecular weight excluding hydrogens is 298 g/mol. The Labute approximate surface area is 130 Å². The minimum absolute atomic E-state index is 0.124. The second-order valence-corrected chi connectivity index (χ2v) is 7.59. The van der Waals surface area contributed by atoms with Crippen molar-refractivity contribution >= 4 is 27.1 Å². The fourth-order valence-electron chi connectivity index (χ4n) is 2.35. The number of hydrogen-bond acceptors (Lipinski definition) is 3. The number of carbonyl (C=O) groups is 1. The van der Waals surface area contributed by atoms with Gasteiger partial charge in [-0.25, -0.2) is 9.00 Å². The predicted octanol–water partition coefficient (Wildman–Crippen LogP) is 3.45. The number of benzene rings is 2. The number of carbonyl (C=O) groups excluding carboxylic acids is 1. The third-order valence-corrected chi connectivity index (χ3v) is 5.25. The number of urea groups is 1. The highest BCUT2D eigenvalue weighted by atomic mass is 32.2. The molecule has 2 amide bonds. The Balaban J connectivity index is 2.00. The standard InChI is InChI=1S/C16H17N3O2S/c1-19-11-12-10-13(8-9-15(12)17-16(19)20)18-22(2,21)14-6-4-3-5-7-14/h3-10H,11H2,1-2H3,(H,17,20). The summed E-state index contributed by atoms with van der Waals surface area (Å²) in [6.07, 6.45) is 1.63. The fourth-order valence-corrected chi connectivity index (χ4v) is 3.64. The number of hydrogen-bond donors (Lipinski definition) is 1. The fraction of sp³-hybridized carbons (Fsp3) is 0.188. The molecule has 0 saturated heterocycles. The first-order valence-corrected chi connectivity index (χ1v) is 8.80. The van der Waals surface area contributed by atoms with Gasteiger partial charge in [0.05, 0.1) is 15.4 Å². The zero-order chi connectivity index (χ0) is 15.7. The van der Waals surface area contributed by atoms with Crippen molar-refractivity contribution in [3.8, 4) is 0 Å². The molecule has 3 rings (SSSR count). The lowest BCUT2D eigenvalue weighted by molar-refractivity contribution is 0.218. The maximum absolute atomic E-state index is 12.8. The van der Waals surface area contributed by atoms with Crippen LogP contribution in [0.4, 0.5) is 16.2 Å². The van der Waals surface area contributed by atoms with Gasteiger partial charge in [0.2, 0.25) is 0 Å². The summed E-state index contributed by atoms with van der Waals surface area (Å²) in [5, 5.41) is 2.81. The van der Waals surface area contributed by atoms with Crippen LogP contribution in [-0.4, -0.2) is 28.4 Å². The molecule has 1 heterocycles. The summed E-state index contributed by atoms with van der Waals surface area (Å²) in [6.45, 7) is 0.515. The topological polar surface area (TPSA) is 61.8 Å². The minimum Gasteiger partial charge on any atom is -0.323 e. The lowest BCUT2D eigenvalue weighted by Gasteiger charge is -2.25. The van der Waals surface area contributed by atoms with Gasteiger partial charge in [-0.15, -0.1) is 0 Å². The summed E-state index contributed by atoms with van der Waals surface area (Å²) in [5.74, 6) is 0. The molecule has 6 heteroatoms. The molecule has 1 N–H and O–H groups in total. The van der Waals surface area contributed by atoms with Gasteiger partial charge in [-0.05, 0) is 35.9 Å². The zero-order valence-corrected chi connectivity index (χ0v) is 13.3. The maximum atomic E-state index is 12.8. The van der Waals surface area contributed by atoms with Crippen molar-refractivity contribution in [2.45, 2.75) is 11.4 Å². The minimum atomic E-state index is -2.49. The Kier molecular flexibility index (Phi) is 3.62. The number of anilines is 1. The summed E-state index contributed by atoms with van der Waals surface area (Å²) < 4.78 is 17.2. The summed E-state index contributed by atoms with van der Waals surface area (Å²) in [4.78, 5) is 13.9. The molecule has 5 nitrogen and oxygen atoms in total. The Morgan fingerprint density at radius 3 is 2.64 bits per heavy atom. The maximum Gasteiger partial charge on any atom is 0.321 e. The van der Waals surface area contributed by atoms with E-state index in [1.165, 1.54) is 0 Å². The van der Waals surface area contributed by atoms with Crippen molar-refractivity contribution < 1.29 is 9.00 Å². The lowest BCUT2D eigenvalue weighted by atomic mass is 10.1. The molecule has 2 aromatic carbocycles. The molecule has 2 aromatic rings. The van der Waals surface area contributed by atoms with Gasteiger partial charge in [-0.3, -0.25) is 0 Å². The largest absolute Gasteiger partial charge is 0.323 e. The number of nitrogens with zero attached hydrogens (tertiary/aromatic N) is 2. The lowest BCUT2D eigenvalue weighted by Crippen LogP contribution is -2.35. The molecule has 0 fully saturated rings. The van der Waals surface area contributed by atoms with E-state index in [1.54, 1.807) is 30.3 Å². The zero-order valence-electron chi connectivity index (χ0n) is 12.4. The number of amides is 2. The number of rotatable bonds is 2. The van der Waals surface area contributed by atoms with Crippen molar-refractivity contribution in [3.05, 3.63) is 54.1 Å². The van der Waals surface area contributed by atoms with Crippen LogP contribution in [0.5, 0.6) is 0 Å². The molecule has 1 aliphatic rings. The molecule has 1 aliphatic heterocycles. The smallest absolute Gasteiger partial charge is 0.321 e. The van der Waals surface area contributed by atoms with Gasteiger partial charge in [0.1, 0.15) is 0 Å². The average Bonchev–Trinajstić information content (AvgIpc) is 2.49. The van der Waals surface area contributed by atoms with Crippen molar-refractivity contribution in [1.82, 2.24) is 4.90 Å². The van der Waals surface area contributed by atoms with Crippen LogP contribution in [-0.2, 0) is 16.3 Å². The first kappa shape index (κ1) is 14.6. The molecule has 1 unspecified atom stereocenters. The van der Waals surface area contributed by atoms with Gasteiger partial charge in [-0.1, -0.05) is 18.2 Å². The summed E-state index contributed by atoms with van der Waals surface area (Å²) in [6, 6.07) is 14.6. The molecule has 0 spiro atoms. The monoisotopic (exact) mass is 315 g/mol. The van der Waals surface area contributed by atoms with Crippen molar-refractivity contribution in [1.29, 1.82) is 0 Å². The highest BCUT2D eigenvalue weighted by Gasteiger charge is 2.19. The van der Waals surface area contributed by atoms with Crippen LogP contribution in [0, 0.1) is 0 Å². The van der Waals surface area contributed by atoms with Gasteiger partial charge in [0.25, 0.3) is 0 Å². The SMILES string of the molecule is CN1Cc2cc(N=S(C)(=O)c3ccccc3)ccc2NC1=O. The highest BCUT2D eigenvalue weighted by molar-refractivity contribution is 7.93. The van der Waals surface area contributed by atoms with E-state index in [-0.39, 0.29) is 6.03 Å². The first-order chi connectivity index (χ1) is 10.5. The van der Waals surface area contributed by atoms with Crippen LogP contribution in [0.25, 0.3) is 0 Å². The molecule has 0 aromatic heterocycles. The Morgan fingerprint density at radius 1 is 1.18 bits per heavy atom. The van der Waals surface area contributed by atoms with Crippen molar-refractivity contribution in [2.75, 3.05) is 18.6 Å². The molecule has 1 atom stereocenters. The van der Waals surface area contributed by atoms with Crippen LogP contribution in [0.2, 0.25) is 0 Å². The second kappa shape index (κ2) is 5.46. The quantitative estimate of drug-likeness (QED) is 0.922. The molecule has 0 bridgehead atoms.